The van der Waals surface area contributed by atoms with Crippen LogP contribution in [0.3, 0.4) is 0 Å². The number of aromatic nitrogens is 2. The van der Waals surface area contributed by atoms with Crippen molar-refractivity contribution in [3.63, 3.8) is 0 Å². The van der Waals surface area contributed by atoms with Crippen LogP contribution in [0.25, 0.3) is 0 Å². The van der Waals surface area contributed by atoms with Crippen LogP contribution in [-0.2, 0) is 19.5 Å². The number of nitrogens with zero attached hydrogens (tertiary/aromatic N) is 3. The topological polar surface area (TPSA) is 59.3 Å². The third-order valence-corrected chi connectivity index (χ3v) is 3.68. The standard InChI is InChI=1S/C16H18N4O/c1-3-13-11(2)18-16-19-14(10-20(16)15(13)21)17-9-12-7-5-4-6-8-12/h4-8H,3,9-10H2,1-2H3,(H,17,18,19). The highest BCUT2D eigenvalue weighted by molar-refractivity contribution is 5.97. The average Bonchev–Trinajstić information content (AvgIpc) is 2.90. The smallest absolute Gasteiger partial charge is 0.258 e. The first-order valence-electron chi connectivity index (χ1n) is 7.13. The lowest BCUT2D eigenvalue weighted by atomic mass is 10.2. The highest BCUT2D eigenvalue weighted by atomic mass is 16.1. The zero-order valence-electron chi connectivity index (χ0n) is 12.3. The SMILES string of the molecule is CCc1c(C)nc2n(c1=O)CC(=NCc1ccccc1)N2. The summed E-state index contributed by atoms with van der Waals surface area (Å²) in [6.45, 7) is 4.93. The monoisotopic (exact) mass is 282 g/mol. The summed E-state index contributed by atoms with van der Waals surface area (Å²) in [4.78, 5) is 21.4. The van der Waals surface area contributed by atoms with Gasteiger partial charge in [0.05, 0.1) is 13.1 Å². The molecular formula is C16H18N4O. The second-order valence-corrected chi connectivity index (χ2v) is 5.12. The van der Waals surface area contributed by atoms with Gasteiger partial charge in [-0.25, -0.2) is 4.98 Å². The Morgan fingerprint density at radius 2 is 2.10 bits per heavy atom. The summed E-state index contributed by atoms with van der Waals surface area (Å²) < 4.78 is 1.66. The minimum absolute atomic E-state index is 0.0393. The molecule has 1 aromatic carbocycles. The first-order valence-corrected chi connectivity index (χ1v) is 7.13. The van der Waals surface area contributed by atoms with Gasteiger partial charge in [-0.15, -0.1) is 0 Å². The van der Waals surface area contributed by atoms with Crippen molar-refractivity contribution in [2.75, 3.05) is 5.32 Å². The lowest BCUT2D eigenvalue weighted by molar-refractivity contribution is 0.790. The van der Waals surface area contributed by atoms with Gasteiger partial charge in [-0.2, -0.15) is 0 Å². The van der Waals surface area contributed by atoms with Gasteiger partial charge < -0.3 is 5.32 Å². The predicted octanol–water partition coefficient (Wildman–Crippen LogP) is 2.14. The predicted molar refractivity (Wildman–Crippen MR) is 83.8 cm³/mol. The normalized spacial score (nSPS) is 15.0. The van der Waals surface area contributed by atoms with Crippen molar-refractivity contribution in [2.45, 2.75) is 33.4 Å². The Morgan fingerprint density at radius 3 is 2.81 bits per heavy atom. The Morgan fingerprint density at radius 1 is 1.33 bits per heavy atom. The molecule has 5 nitrogen and oxygen atoms in total. The Balaban J connectivity index is 1.85. The first kappa shape index (κ1) is 13.5. The highest BCUT2D eigenvalue weighted by Gasteiger charge is 2.21. The lowest BCUT2D eigenvalue weighted by Gasteiger charge is -2.05. The third kappa shape index (κ3) is 2.59. The molecule has 0 aliphatic carbocycles. The van der Waals surface area contributed by atoms with E-state index >= 15 is 0 Å². The summed E-state index contributed by atoms with van der Waals surface area (Å²) in [5, 5.41) is 3.14. The number of benzene rings is 1. The van der Waals surface area contributed by atoms with E-state index in [0.29, 0.717) is 25.5 Å². The van der Waals surface area contributed by atoms with Gasteiger partial charge >= 0.3 is 0 Å². The first-order chi connectivity index (χ1) is 10.2. The Kier molecular flexibility index (Phi) is 3.56. The van der Waals surface area contributed by atoms with E-state index in [-0.39, 0.29) is 5.56 Å². The average molecular weight is 282 g/mol. The van der Waals surface area contributed by atoms with Crippen LogP contribution in [0.1, 0.15) is 23.7 Å². The van der Waals surface area contributed by atoms with E-state index in [9.17, 15) is 4.79 Å². The molecule has 0 spiro atoms. The number of amidine groups is 1. The molecule has 1 aromatic heterocycles. The van der Waals surface area contributed by atoms with Crippen molar-refractivity contribution < 1.29 is 0 Å². The van der Waals surface area contributed by atoms with Gasteiger partial charge in [0.1, 0.15) is 5.84 Å². The molecule has 1 aliphatic rings. The summed E-state index contributed by atoms with van der Waals surface area (Å²) in [6, 6.07) is 10.1. The molecule has 3 rings (SSSR count). The van der Waals surface area contributed by atoms with E-state index < -0.39 is 0 Å². The number of fused-ring (bicyclic) bond motifs is 1. The van der Waals surface area contributed by atoms with Crippen LogP contribution in [0.2, 0.25) is 0 Å². The van der Waals surface area contributed by atoms with Gasteiger partial charge in [-0.3, -0.25) is 14.4 Å². The summed E-state index contributed by atoms with van der Waals surface area (Å²) in [5.74, 6) is 1.39. The number of anilines is 1. The molecule has 0 saturated heterocycles. The molecule has 0 saturated carbocycles. The molecule has 0 fully saturated rings. The van der Waals surface area contributed by atoms with E-state index in [4.69, 9.17) is 0 Å². The van der Waals surface area contributed by atoms with Crippen LogP contribution in [0.5, 0.6) is 0 Å². The highest BCUT2D eigenvalue weighted by Crippen LogP contribution is 2.13. The summed E-state index contributed by atoms with van der Waals surface area (Å²) in [5.41, 5.74) is 2.77. The second-order valence-electron chi connectivity index (χ2n) is 5.12. The largest absolute Gasteiger partial charge is 0.312 e. The minimum Gasteiger partial charge on any atom is -0.312 e. The fraction of sp³-hybridized carbons (Fsp3) is 0.312. The molecule has 5 heteroatoms. The number of nitrogens with one attached hydrogen (secondary N) is 1. The lowest BCUT2D eigenvalue weighted by Crippen LogP contribution is -2.24. The van der Waals surface area contributed by atoms with Crippen molar-refractivity contribution in [3.05, 3.63) is 57.5 Å². The Hall–Kier alpha value is -2.43. The molecule has 0 bridgehead atoms. The molecule has 0 amide bonds. The summed E-state index contributed by atoms with van der Waals surface area (Å²) in [7, 11) is 0. The maximum Gasteiger partial charge on any atom is 0.258 e. The van der Waals surface area contributed by atoms with Crippen LogP contribution in [0.4, 0.5) is 5.95 Å². The van der Waals surface area contributed by atoms with Gasteiger partial charge in [0, 0.05) is 11.3 Å². The van der Waals surface area contributed by atoms with Crippen molar-refractivity contribution in [1.29, 1.82) is 0 Å². The van der Waals surface area contributed by atoms with Gasteiger partial charge in [-0.1, -0.05) is 37.3 Å². The van der Waals surface area contributed by atoms with E-state index in [1.54, 1.807) is 4.57 Å². The van der Waals surface area contributed by atoms with E-state index in [2.05, 4.69) is 15.3 Å². The molecule has 1 aliphatic heterocycles. The molecule has 2 heterocycles. The fourth-order valence-corrected chi connectivity index (χ4v) is 2.53. The Labute approximate surface area is 123 Å². The number of rotatable bonds is 3. The number of hydrogen-bond donors (Lipinski definition) is 1. The van der Waals surface area contributed by atoms with Gasteiger partial charge in [0.25, 0.3) is 5.56 Å². The quantitative estimate of drug-likeness (QED) is 0.938. The molecule has 0 radical (unpaired) electrons. The van der Waals surface area contributed by atoms with Crippen LogP contribution >= 0.6 is 0 Å². The molecule has 0 unspecified atom stereocenters. The molecule has 1 N–H and O–H groups in total. The van der Waals surface area contributed by atoms with Crippen LogP contribution < -0.4 is 10.9 Å². The van der Waals surface area contributed by atoms with Crippen LogP contribution in [0.15, 0.2) is 40.1 Å². The van der Waals surface area contributed by atoms with Gasteiger partial charge in [0.2, 0.25) is 5.95 Å². The Bertz CT molecular complexity index is 747. The number of aryl methyl sites for hydroxylation is 1. The zero-order chi connectivity index (χ0) is 14.8. The maximum atomic E-state index is 12.4. The maximum absolute atomic E-state index is 12.4. The van der Waals surface area contributed by atoms with Crippen molar-refractivity contribution in [2.24, 2.45) is 4.99 Å². The van der Waals surface area contributed by atoms with Gasteiger partial charge in [-0.05, 0) is 18.9 Å². The minimum atomic E-state index is 0.0393. The summed E-state index contributed by atoms with van der Waals surface area (Å²) >= 11 is 0. The molecule has 108 valence electrons. The van der Waals surface area contributed by atoms with Crippen LogP contribution in [-0.4, -0.2) is 15.4 Å². The van der Waals surface area contributed by atoms with Crippen LogP contribution in [0, 0.1) is 6.92 Å². The summed E-state index contributed by atoms with van der Waals surface area (Å²) in [6.07, 6.45) is 0.703. The van der Waals surface area contributed by atoms with Crippen molar-refractivity contribution >= 4 is 11.8 Å². The fourth-order valence-electron chi connectivity index (χ4n) is 2.53. The van der Waals surface area contributed by atoms with Crippen molar-refractivity contribution in [1.82, 2.24) is 9.55 Å². The van der Waals surface area contributed by atoms with Crippen molar-refractivity contribution in [3.8, 4) is 0 Å². The molecule has 2 aromatic rings. The molecule has 0 atom stereocenters. The van der Waals surface area contributed by atoms with Gasteiger partial charge in [0.15, 0.2) is 0 Å². The van der Waals surface area contributed by atoms with E-state index in [0.717, 1.165) is 22.7 Å². The molecular weight excluding hydrogens is 264 g/mol. The third-order valence-electron chi connectivity index (χ3n) is 3.68. The number of hydrogen-bond acceptors (Lipinski definition) is 3. The number of aliphatic imine (C=N–C) groups is 1. The zero-order valence-corrected chi connectivity index (χ0v) is 12.3. The van der Waals surface area contributed by atoms with E-state index in [1.165, 1.54) is 0 Å². The second kappa shape index (κ2) is 5.52. The van der Waals surface area contributed by atoms with E-state index in [1.807, 2.05) is 44.2 Å². The molecule has 21 heavy (non-hydrogen) atoms.